The molecule has 0 spiro atoms. The van der Waals surface area contributed by atoms with Crippen LogP contribution in [0.1, 0.15) is 43.4 Å². The number of likely N-dealkylation sites (tertiary alicyclic amines) is 1. The molecular formula is C23H30N2O3. The Morgan fingerprint density at radius 1 is 1.11 bits per heavy atom. The summed E-state index contributed by atoms with van der Waals surface area (Å²) < 4.78 is 5.58. The normalized spacial score (nSPS) is 18.5. The van der Waals surface area contributed by atoms with Crippen LogP contribution in [-0.4, -0.2) is 49.3 Å². The van der Waals surface area contributed by atoms with Gasteiger partial charge in [0.15, 0.2) is 0 Å². The van der Waals surface area contributed by atoms with Gasteiger partial charge in [0.2, 0.25) is 0 Å². The third-order valence-electron chi connectivity index (χ3n) is 5.39. The van der Waals surface area contributed by atoms with E-state index in [0.717, 1.165) is 42.0 Å². The Balaban J connectivity index is 2.01. The Labute approximate surface area is 167 Å². The zero-order chi connectivity index (χ0) is 20.1. The van der Waals surface area contributed by atoms with E-state index < -0.39 is 12.0 Å². The third-order valence-corrected chi connectivity index (χ3v) is 5.39. The van der Waals surface area contributed by atoms with Gasteiger partial charge < -0.3 is 14.7 Å². The molecule has 1 heterocycles. The second-order valence-electron chi connectivity index (χ2n) is 7.48. The molecular weight excluding hydrogens is 352 g/mol. The zero-order valence-electron chi connectivity index (χ0n) is 17.0. The maximum Gasteiger partial charge on any atom is 0.320 e. The van der Waals surface area contributed by atoms with E-state index in [2.05, 4.69) is 46.2 Å². The van der Waals surface area contributed by atoms with Gasteiger partial charge in [-0.2, -0.15) is 0 Å². The number of carboxylic acid groups (broad SMARTS) is 1. The summed E-state index contributed by atoms with van der Waals surface area (Å²) in [6.07, 6.45) is 2.68. The van der Waals surface area contributed by atoms with Crippen LogP contribution in [-0.2, 0) is 4.79 Å². The van der Waals surface area contributed by atoms with Crippen molar-refractivity contribution in [2.75, 3.05) is 32.1 Å². The number of aliphatic carboxylic acids is 1. The summed E-state index contributed by atoms with van der Waals surface area (Å²) in [5.41, 5.74) is 3.33. The van der Waals surface area contributed by atoms with E-state index in [9.17, 15) is 9.90 Å². The predicted molar refractivity (Wildman–Crippen MR) is 112 cm³/mol. The summed E-state index contributed by atoms with van der Waals surface area (Å²) in [5, 5.41) is 9.81. The molecule has 2 aromatic rings. The number of hydrogen-bond acceptors (Lipinski definition) is 4. The van der Waals surface area contributed by atoms with Crippen molar-refractivity contribution in [3.05, 3.63) is 59.7 Å². The molecule has 2 atom stereocenters. The molecule has 0 aliphatic carbocycles. The van der Waals surface area contributed by atoms with Gasteiger partial charge in [0.25, 0.3) is 0 Å². The van der Waals surface area contributed by atoms with Crippen molar-refractivity contribution in [2.24, 2.45) is 0 Å². The highest BCUT2D eigenvalue weighted by atomic mass is 16.5. The molecule has 3 rings (SSSR count). The molecule has 150 valence electrons. The number of rotatable bonds is 7. The fraction of sp³-hybridized carbons (Fsp3) is 0.435. The lowest BCUT2D eigenvalue weighted by Crippen LogP contribution is -2.46. The van der Waals surface area contributed by atoms with Gasteiger partial charge in [-0.3, -0.25) is 9.69 Å². The molecule has 5 heteroatoms. The Morgan fingerprint density at radius 3 is 2.25 bits per heavy atom. The smallest absolute Gasteiger partial charge is 0.320 e. The highest BCUT2D eigenvalue weighted by Crippen LogP contribution is 2.35. The fourth-order valence-corrected chi connectivity index (χ4v) is 3.97. The minimum atomic E-state index is -0.736. The summed E-state index contributed by atoms with van der Waals surface area (Å²) in [7, 11) is 4.04. The molecule has 1 fully saturated rings. The molecule has 0 saturated carbocycles. The minimum Gasteiger partial charge on any atom is -0.494 e. The van der Waals surface area contributed by atoms with Gasteiger partial charge in [0.1, 0.15) is 11.8 Å². The first-order valence-electron chi connectivity index (χ1n) is 10.00. The van der Waals surface area contributed by atoms with Gasteiger partial charge in [-0.05, 0) is 61.7 Å². The topological polar surface area (TPSA) is 53.0 Å². The van der Waals surface area contributed by atoms with Crippen LogP contribution in [0.5, 0.6) is 5.75 Å². The number of ether oxygens (including phenoxy) is 1. The summed E-state index contributed by atoms with van der Waals surface area (Å²) in [6, 6.07) is 15.9. The van der Waals surface area contributed by atoms with Crippen molar-refractivity contribution < 1.29 is 14.6 Å². The predicted octanol–water partition coefficient (Wildman–Crippen LogP) is 4.18. The summed E-state index contributed by atoms with van der Waals surface area (Å²) in [6.45, 7) is 3.38. The number of carboxylic acids is 1. The van der Waals surface area contributed by atoms with Crippen LogP contribution in [0.2, 0.25) is 0 Å². The first-order valence-corrected chi connectivity index (χ1v) is 10.00. The minimum absolute atomic E-state index is 0.0895. The molecule has 1 aliphatic heterocycles. The van der Waals surface area contributed by atoms with Crippen LogP contribution in [0.4, 0.5) is 5.69 Å². The van der Waals surface area contributed by atoms with Crippen LogP contribution in [0, 0.1) is 0 Å². The van der Waals surface area contributed by atoms with E-state index in [4.69, 9.17) is 4.74 Å². The van der Waals surface area contributed by atoms with E-state index in [1.165, 1.54) is 0 Å². The zero-order valence-corrected chi connectivity index (χ0v) is 17.0. The van der Waals surface area contributed by atoms with Crippen molar-refractivity contribution >= 4 is 11.7 Å². The van der Waals surface area contributed by atoms with E-state index >= 15 is 0 Å². The van der Waals surface area contributed by atoms with E-state index in [1.807, 2.05) is 33.2 Å². The van der Waals surface area contributed by atoms with Crippen molar-refractivity contribution in [1.82, 2.24) is 4.90 Å². The van der Waals surface area contributed by atoms with Crippen molar-refractivity contribution in [3.63, 3.8) is 0 Å². The number of carbonyl (C=O) groups is 1. The van der Waals surface area contributed by atoms with E-state index in [0.29, 0.717) is 13.0 Å². The number of anilines is 1. The maximum absolute atomic E-state index is 11.9. The average molecular weight is 383 g/mol. The van der Waals surface area contributed by atoms with Crippen molar-refractivity contribution in [2.45, 2.75) is 38.3 Å². The van der Waals surface area contributed by atoms with Gasteiger partial charge in [0.05, 0.1) is 12.6 Å². The van der Waals surface area contributed by atoms with Crippen molar-refractivity contribution in [1.29, 1.82) is 0 Å². The molecule has 2 aromatic carbocycles. The van der Waals surface area contributed by atoms with Crippen LogP contribution >= 0.6 is 0 Å². The summed E-state index contributed by atoms with van der Waals surface area (Å²) >= 11 is 0. The lowest BCUT2D eigenvalue weighted by Gasteiger charge is -2.39. The van der Waals surface area contributed by atoms with Gasteiger partial charge in [0, 0.05) is 19.8 Å². The third kappa shape index (κ3) is 4.47. The first kappa shape index (κ1) is 20.2. The summed E-state index contributed by atoms with van der Waals surface area (Å²) in [4.78, 5) is 16.2. The van der Waals surface area contributed by atoms with E-state index in [-0.39, 0.29) is 6.04 Å². The molecule has 0 amide bonds. The van der Waals surface area contributed by atoms with Crippen LogP contribution in [0.25, 0.3) is 0 Å². The fourth-order valence-electron chi connectivity index (χ4n) is 3.97. The van der Waals surface area contributed by atoms with E-state index in [1.54, 1.807) is 0 Å². The lowest BCUT2D eigenvalue weighted by atomic mass is 9.91. The Morgan fingerprint density at radius 2 is 1.71 bits per heavy atom. The molecule has 0 bridgehead atoms. The van der Waals surface area contributed by atoms with Crippen LogP contribution < -0.4 is 9.64 Å². The van der Waals surface area contributed by atoms with Crippen molar-refractivity contribution in [3.8, 4) is 5.75 Å². The van der Waals surface area contributed by atoms with Gasteiger partial charge >= 0.3 is 5.97 Å². The highest BCUT2D eigenvalue weighted by molar-refractivity contribution is 5.73. The van der Waals surface area contributed by atoms with Crippen LogP contribution in [0.15, 0.2) is 48.5 Å². The molecule has 5 nitrogen and oxygen atoms in total. The largest absolute Gasteiger partial charge is 0.494 e. The number of benzene rings is 2. The molecule has 1 aliphatic rings. The average Bonchev–Trinajstić information content (AvgIpc) is 2.70. The Kier molecular flexibility index (Phi) is 6.57. The molecule has 1 saturated heterocycles. The summed E-state index contributed by atoms with van der Waals surface area (Å²) in [5.74, 6) is 0.0990. The number of hydrogen-bond donors (Lipinski definition) is 1. The molecule has 28 heavy (non-hydrogen) atoms. The number of piperidine rings is 1. The molecule has 2 unspecified atom stereocenters. The van der Waals surface area contributed by atoms with Gasteiger partial charge in [-0.15, -0.1) is 0 Å². The molecule has 1 N–H and O–H groups in total. The van der Waals surface area contributed by atoms with Gasteiger partial charge in [-0.25, -0.2) is 0 Å². The van der Waals surface area contributed by atoms with Crippen LogP contribution in [0.3, 0.4) is 0 Å². The maximum atomic E-state index is 11.9. The highest BCUT2D eigenvalue weighted by Gasteiger charge is 2.35. The Bertz CT molecular complexity index is 771. The standard InChI is InChI=1S/C23H30N2O3/c1-4-28-20-14-10-18(11-15-20)22(17-8-12-19(13-9-17)24(2)3)25-16-6-5-7-21(25)23(26)27/h8-15,21-22H,4-7,16H2,1-3H3,(H,26,27). The molecule has 0 radical (unpaired) electrons. The second kappa shape index (κ2) is 9.11. The monoisotopic (exact) mass is 382 g/mol. The first-order chi connectivity index (χ1) is 13.5. The Hall–Kier alpha value is -2.53. The van der Waals surface area contributed by atoms with Gasteiger partial charge in [-0.1, -0.05) is 30.7 Å². The second-order valence-corrected chi connectivity index (χ2v) is 7.48. The quantitative estimate of drug-likeness (QED) is 0.779. The SMILES string of the molecule is CCOc1ccc(C(c2ccc(N(C)C)cc2)N2CCCCC2C(=O)O)cc1. The lowest BCUT2D eigenvalue weighted by molar-refractivity contribution is -0.145. The molecule has 0 aromatic heterocycles. The number of nitrogens with zero attached hydrogens (tertiary/aromatic N) is 2.